The first-order valence-electron chi connectivity index (χ1n) is 8.53. The van der Waals surface area contributed by atoms with Crippen molar-refractivity contribution in [1.29, 1.82) is 0 Å². The maximum absolute atomic E-state index is 12.4. The molecule has 0 atom stereocenters. The van der Waals surface area contributed by atoms with Gasteiger partial charge in [0.25, 0.3) is 0 Å². The molecule has 10 heteroatoms. The Kier molecular flexibility index (Phi) is 6.76. The fourth-order valence-electron chi connectivity index (χ4n) is 2.56. The smallest absolute Gasteiger partial charge is 0.387 e. The summed E-state index contributed by atoms with van der Waals surface area (Å²) in [6.45, 7) is -2.71. The van der Waals surface area contributed by atoms with Gasteiger partial charge >= 0.3 is 6.61 Å². The molecule has 1 aromatic heterocycles. The van der Waals surface area contributed by atoms with Crippen LogP contribution in [0.5, 0.6) is 17.2 Å². The number of methoxy groups -OCH3 is 2. The molecular formula is C19H19F2N3O4S. The summed E-state index contributed by atoms with van der Waals surface area (Å²) in [5.74, 6) is 0.801. The van der Waals surface area contributed by atoms with Gasteiger partial charge in [0.15, 0.2) is 16.7 Å². The third-order valence-electron chi connectivity index (χ3n) is 3.94. The van der Waals surface area contributed by atoms with Crippen molar-refractivity contribution in [2.45, 2.75) is 18.3 Å². The molecule has 7 nitrogen and oxygen atoms in total. The average Bonchev–Trinajstić information content (AvgIpc) is 3.13. The third-order valence-corrected chi connectivity index (χ3v) is 4.81. The number of hydrogen-bond acceptors (Lipinski definition) is 6. The third kappa shape index (κ3) is 5.50. The zero-order valence-electron chi connectivity index (χ0n) is 15.7. The molecule has 29 heavy (non-hydrogen) atoms. The molecule has 0 saturated carbocycles. The molecule has 3 aromatic rings. The van der Waals surface area contributed by atoms with E-state index in [2.05, 4.69) is 20.0 Å². The molecule has 0 fully saturated rings. The molecule has 0 unspecified atom stereocenters. The Balaban J connectivity index is 1.53. The van der Waals surface area contributed by atoms with E-state index in [0.29, 0.717) is 10.7 Å². The standard InChI is InChI=1S/C19H19F2N3O4S/c1-26-12-4-5-13-14(8-12)24-19(23-13)29-10-17(25)22-9-11-3-6-15(28-18(20)21)16(7-11)27-2/h3-8,18H,9-10H2,1-2H3,(H,22,25)(H,23,24). The van der Waals surface area contributed by atoms with Gasteiger partial charge in [0.2, 0.25) is 5.91 Å². The number of halogens is 2. The zero-order valence-corrected chi connectivity index (χ0v) is 16.5. The molecule has 0 bridgehead atoms. The first-order chi connectivity index (χ1) is 14.0. The predicted molar refractivity (Wildman–Crippen MR) is 105 cm³/mol. The lowest BCUT2D eigenvalue weighted by Gasteiger charge is -2.11. The first kappa shape index (κ1) is 20.7. The highest BCUT2D eigenvalue weighted by molar-refractivity contribution is 7.99. The normalized spacial score (nSPS) is 10.9. The van der Waals surface area contributed by atoms with E-state index in [1.807, 2.05) is 18.2 Å². The zero-order chi connectivity index (χ0) is 20.8. The van der Waals surface area contributed by atoms with Gasteiger partial charge in [-0.15, -0.1) is 0 Å². The highest BCUT2D eigenvalue weighted by Gasteiger charge is 2.12. The Hall–Kier alpha value is -3.01. The lowest BCUT2D eigenvalue weighted by molar-refractivity contribution is -0.118. The highest BCUT2D eigenvalue weighted by Crippen LogP contribution is 2.29. The van der Waals surface area contributed by atoms with Crippen molar-refractivity contribution in [3.05, 3.63) is 42.0 Å². The summed E-state index contributed by atoms with van der Waals surface area (Å²) in [4.78, 5) is 19.7. The number of thioether (sulfide) groups is 1. The maximum atomic E-state index is 12.4. The molecule has 3 rings (SSSR count). The number of aromatic nitrogens is 2. The number of ether oxygens (including phenoxy) is 3. The van der Waals surface area contributed by atoms with E-state index < -0.39 is 6.61 Å². The van der Waals surface area contributed by atoms with Crippen molar-refractivity contribution >= 4 is 28.7 Å². The van der Waals surface area contributed by atoms with E-state index in [1.54, 1.807) is 13.2 Å². The van der Waals surface area contributed by atoms with Crippen molar-refractivity contribution in [3.8, 4) is 17.2 Å². The van der Waals surface area contributed by atoms with Crippen LogP contribution in [-0.4, -0.2) is 42.5 Å². The molecular weight excluding hydrogens is 404 g/mol. The number of rotatable bonds is 9. The number of hydrogen-bond donors (Lipinski definition) is 2. The second kappa shape index (κ2) is 9.46. The number of carbonyl (C=O) groups excluding carboxylic acids is 1. The topological polar surface area (TPSA) is 85.5 Å². The second-order valence-electron chi connectivity index (χ2n) is 5.85. The van der Waals surface area contributed by atoms with E-state index in [0.717, 1.165) is 16.8 Å². The van der Waals surface area contributed by atoms with Crippen LogP contribution in [0.4, 0.5) is 8.78 Å². The van der Waals surface area contributed by atoms with E-state index in [1.165, 1.54) is 31.0 Å². The van der Waals surface area contributed by atoms with E-state index in [-0.39, 0.29) is 29.7 Å². The summed E-state index contributed by atoms with van der Waals surface area (Å²) in [6.07, 6.45) is 0. The monoisotopic (exact) mass is 423 g/mol. The van der Waals surface area contributed by atoms with Crippen molar-refractivity contribution in [1.82, 2.24) is 15.3 Å². The summed E-state index contributed by atoms with van der Waals surface area (Å²) in [5.41, 5.74) is 2.30. The number of nitrogens with zero attached hydrogens (tertiary/aromatic N) is 1. The van der Waals surface area contributed by atoms with Crippen LogP contribution < -0.4 is 19.5 Å². The summed E-state index contributed by atoms with van der Waals surface area (Å²) < 4.78 is 39.3. The van der Waals surface area contributed by atoms with Crippen LogP contribution in [0.2, 0.25) is 0 Å². The number of aromatic amines is 1. The number of H-pyrrole nitrogens is 1. The molecule has 0 aliphatic rings. The molecule has 1 amide bonds. The first-order valence-corrected chi connectivity index (χ1v) is 9.52. The van der Waals surface area contributed by atoms with Crippen LogP contribution in [0.15, 0.2) is 41.6 Å². The van der Waals surface area contributed by atoms with Gasteiger partial charge in [-0.1, -0.05) is 17.8 Å². The number of carbonyl (C=O) groups is 1. The molecule has 0 spiro atoms. The number of amides is 1. The summed E-state index contributed by atoms with van der Waals surface area (Å²) >= 11 is 1.27. The largest absolute Gasteiger partial charge is 0.497 e. The van der Waals surface area contributed by atoms with Gasteiger partial charge in [-0.2, -0.15) is 8.78 Å². The Morgan fingerprint density at radius 3 is 2.72 bits per heavy atom. The SMILES string of the molecule is COc1ccc2nc(SCC(=O)NCc3ccc(OC(F)F)c(OC)c3)[nH]c2c1. The van der Waals surface area contributed by atoms with Crippen LogP contribution in [0.25, 0.3) is 11.0 Å². The number of nitrogens with one attached hydrogen (secondary N) is 2. The number of imidazole rings is 1. The summed E-state index contributed by atoms with van der Waals surface area (Å²) in [7, 11) is 2.95. The van der Waals surface area contributed by atoms with E-state index >= 15 is 0 Å². The highest BCUT2D eigenvalue weighted by atomic mass is 32.2. The van der Waals surface area contributed by atoms with Gasteiger partial charge in [0.05, 0.1) is 31.0 Å². The van der Waals surface area contributed by atoms with Crippen LogP contribution in [0.3, 0.4) is 0 Å². The minimum absolute atomic E-state index is 0.0605. The quantitative estimate of drug-likeness (QED) is 0.512. The maximum Gasteiger partial charge on any atom is 0.387 e. The summed E-state index contributed by atoms with van der Waals surface area (Å²) in [5, 5.41) is 3.39. The van der Waals surface area contributed by atoms with Crippen molar-refractivity contribution in [2.75, 3.05) is 20.0 Å². The number of benzene rings is 2. The molecule has 2 N–H and O–H groups in total. The van der Waals surface area contributed by atoms with Gasteiger partial charge in [-0.25, -0.2) is 4.98 Å². The molecule has 2 aromatic carbocycles. The van der Waals surface area contributed by atoms with Gasteiger partial charge in [0.1, 0.15) is 5.75 Å². The van der Waals surface area contributed by atoms with Crippen molar-refractivity contribution < 1.29 is 27.8 Å². The average molecular weight is 423 g/mol. The second-order valence-corrected chi connectivity index (χ2v) is 6.82. The Labute approximate surface area is 169 Å². The van der Waals surface area contributed by atoms with E-state index in [9.17, 15) is 13.6 Å². The molecule has 1 heterocycles. The fourth-order valence-corrected chi connectivity index (χ4v) is 3.28. The van der Waals surface area contributed by atoms with Crippen LogP contribution in [0.1, 0.15) is 5.56 Å². The van der Waals surface area contributed by atoms with Crippen LogP contribution in [-0.2, 0) is 11.3 Å². The number of alkyl halides is 2. The summed E-state index contributed by atoms with van der Waals surface area (Å²) in [6, 6.07) is 9.99. The fraction of sp³-hybridized carbons (Fsp3) is 0.263. The van der Waals surface area contributed by atoms with Crippen molar-refractivity contribution in [3.63, 3.8) is 0 Å². The van der Waals surface area contributed by atoms with Crippen LogP contribution >= 0.6 is 11.8 Å². The van der Waals surface area contributed by atoms with Gasteiger partial charge in [-0.3, -0.25) is 4.79 Å². The lowest BCUT2D eigenvalue weighted by atomic mass is 10.2. The molecule has 0 aliphatic carbocycles. The Bertz CT molecular complexity index is 997. The van der Waals surface area contributed by atoms with Crippen molar-refractivity contribution in [2.24, 2.45) is 0 Å². The van der Waals surface area contributed by atoms with Gasteiger partial charge in [0, 0.05) is 12.6 Å². The molecule has 0 radical (unpaired) electrons. The minimum Gasteiger partial charge on any atom is -0.497 e. The van der Waals surface area contributed by atoms with E-state index in [4.69, 9.17) is 9.47 Å². The predicted octanol–water partition coefficient (Wildman–Crippen LogP) is 3.59. The molecule has 154 valence electrons. The van der Waals surface area contributed by atoms with Gasteiger partial charge < -0.3 is 24.5 Å². The molecule has 0 aliphatic heterocycles. The minimum atomic E-state index is -2.94. The molecule has 0 saturated heterocycles. The lowest BCUT2D eigenvalue weighted by Crippen LogP contribution is -2.24. The Morgan fingerprint density at radius 1 is 1.17 bits per heavy atom. The Morgan fingerprint density at radius 2 is 2.00 bits per heavy atom. The number of fused-ring (bicyclic) bond motifs is 1. The van der Waals surface area contributed by atoms with Gasteiger partial charge in [-0.05, 0) is 29.8 Å². The van der Waals surface area contributed by atoms with Crippen LogP contribution in [0, 0.1) is 0 Å².